The van der Waals surface area contributed by atoms with E-state index in [0.29, 0.717) is 17.1 Å². The first-order valence-electron chi connectivity index (χ1n) is 5.61. The third kappa shape index (κ3) is 2.87. The molecule has 2 rings (SSSR count). The van der Waals surface area contributed by atoms with E-state index in [1.54, 1.807) is 25.6 Å². The van der Waals surface area contributed by atoms with Crippen molar-refractivity contribution in [2.75, 3.05) is 0 Å². The molecule has 0 fully saturated rings. The summed E-state index contributed by atoms with van der Waals surface area (Å²) < 4.78 is 45.0. The fourth-order valence-corrected chi connectivity index (χ4v) is 1.90. The fraction of sp³-hybridized carbons (Fsp3) is 0.333. The number of nitrogens with zero attached hydrogens (tertiary/aromatic N) is 3. The van der Waals surface area contributed by atoms with Crippen LogP contribution in [-0.4, -0.2) is 14.8 Å². The Bertz CT molecular complexity index is 652. The maximum Gasteiger partial charge on any atom is 0.416 e. The first-order valence-corrected chi connectivity index (χ1v) is 5.99. The van der Waals surface area contributed by atoms with E-state index >= 15 is 0 Å². The molecule has 0 bridgehead atoms. The summed E-state index contributed by atoms with van der Waals surface area (Å²) in [7, 11) is 1.71. The number of hydrogen-bond donors (Lipinski definition) is 0. The van der Waals surface area contributed by atoms with Crippen LogP contribution in [0.1, 0.15) is 17.0 Å². The van der Waals surface area contributed by atoms with Crippen molar-refractivity contribution in [1.82, 2.24) is 14.8 Å². The molecule has 2 aromatic rings. The van der Waals surface area contributed by atoms with E-state index in [1.807, 2.05) is 0 Å². The summed E-state index contributed by atoms with van der Waals surface area (Å²) in [5.74, 6) is 0.152. The summed E-state index contributed by atoms with van der Waals surface area (Å²) in [6.07, 6.45) is -4.51. The van der Waals surface area contributed by atoms with E-state index in [1.165, 1.54) is 0 Å². The van der Waals surface area contributed by atoms with Crippen LogP contribution in [0.3, 0.4) is 0 Å². The SMILES string of the molecule is Cc1nn(C)c(C)c1Oc1cc(C(F)(F)F)cc(Cl)n1. The highest BCUT2D eigenvalue weighted by atomic mass is 35.5. The normalized spacial score (nSPS) is 11.8. The number of aromatic nitrogens is 3. The lowest BCUT2D eigenvalue weighted by Crippen LogP contribution is -2.06. The van der Waals surface area contributed by atoms with Gasteiger partial charge in [0.05, 0.1) is 11.3 Å². The van der Waals surface area contributed by atoms with Crippen LogP contribution in [0.25, 0.3) is 0 Å². The molecule has 0 spiro atoms. The highest BCUT2D eigenvalue weighted by Crippen LogP contribution is 2.34. The number of halogens is 4. The van der Waals surface area contributed by atoms with Gasteiger partial charge in [0.2, 0.25) is 5.88 Å². The molecule has 0 saturated carbocycles. The van der Waals surface area contributed by atoms with Crippen LogP contribution in [0.15, 0.2) is 12.1 Å². The summed E-state index contributed by atoms with van der Waals surface area (Å²) in [4.78, 5) is 3.74. The Kier molecular flexibility index (Phi) is 3.64. The van der Waals surface area contributed by atoms with Gasteiger partial charge in [0.25, 0.3) is 0 Å². The van der Waals surface area contributed by atoms with Crippen molar-refractivity contribution in [3.8, 4) is 11.6 Å². The molecule has 2 aromatic heterocycles. The molecule has 0 aromatic carbocycles. The Morgan fingerprint density at radius 2 is 1.90 bits per heavy atom. The lowest BCUT2D eigenvalue weighted by Gasteiger charge is -2.10. The van der Waals surface area contributed by atoms with Gasteiger partial charge < -0.3 is 4.74 Å². The molecule has 108 valence electrons. The smallest absolute Gasteiger partial charge is 0.416 e. The highest BCUT2D eigenvalue weighted by molar-refractivity contribution is 6.29. The van der Waals surface area contributed by atoms with Crippen LogP contribution in [-0.2, 0) is 13.2 Å². The van der Waals surface area contributed by atoms with Gasteiger partial charge in [-0.3, -0.25) is 4.68 Å². The highest BCUT2D eigenvalue weighted by Gasteiger charge is 2.32. The molecular formula is C12H11ClF3N3O. The number of aryl methyl sites for hydroxylation is 2. The Hall–Kier alpha value is -1.76. The van der Waals surface area contributed by atoms with Gasteiger partial charge in [0.1, 0.15) is 10.8 Å². The van der Waals surface area contributed by atoms with Gasteiger partial charge >= 0.3 is 6.18 Å². The van der Waals surface area contributed by atoms with Crippen molar-refractivity contribution >= 4 is 11.6 Å². The molecular weight excluding hydrogens is 295 g/mol. The molecule has 0 aliphatic rings. The Morgan fingerprint density at radius 1 is 1.25 bits per heavy atom. The topological polar surface area (TPSA) is 39.9 Å². The lowest BCUT2D eigenvalue weighted by molar-refractivity contribution is -0.137. The summed E-state index contributed by atoms with van der Waals surface area (Å²) in [6.45, 7) is 3.43. The standard InChI is InChI=1S/C12H11ClF3N3O/c1-6-11(7(2)19(3)18-6)20-10-5-8(12(14,15)16)4-9(13)17-10/h4-5H,1-3H3. The van der Waals surface area contributed by atoms with Gasteiger partial charge in [-0.2, -0.15) is 18.3 Å². The van der Waals surface area contributed by atoms with Gasteiger partial charge in [-0.1, -0.05) is 11.6 Å². The minimum atomic E-state index is -4.51. The zero-order valence-corrected chi connectivity index (χ0v) is 11.7. The summed E-state index contributed by atoms with van der Waals surface area (Å²) >= 11 is 5.60. The van der Waals surface area contributed by atoms with Crippen molar-refractivity contribution in [3.63, 3.8) is 0 Å². The van der Waals surface area contributed by atoms with E-state index in [-0.39, 0.29) is 11.0 Å². The minimum absolute atomic E-state index is 0.218. The lowest BCUT2D eigenvalue weighted by atomic mass is 10.2. The number of rotatable bonds is 2. The summed E-state index contributed by atoms with van der Waals surface area (Å²) in [5.41, 5.74) is 0.324. The second-order valence-electron chi connectivity index (χ2n) is 4.24. The van der Waals surface area contributed by atoms with Crippen LogP contribution in [0.2, 0.25) is 5.15 Å². The second kappa shape index (κ2) is 4.97. The van der Waals surface area contributed by atoms with Crippen LogP contribution >= 0.6 is 11.6 Å². The van der Waals surface area contributed by atoms with E-state index in [9.17, 15) is 13.2 Å². The molecule has 0 radical (unpaired) electrons. The molecule has 0 aliphatic carbocycles. The zero-order valence-electron chi connectivity index (χ0n) is 10.9. The van der Waals surface area contributed by atoms with Crippen LogP contribution in [0, 0.1) is 13.8 Å². The molecule has 0 amide bonds. The molecule has 8 heteroatoms. The van der Waals surface area contributed by atoms with Crippen LogP contribution < -0.4 is 4.74 Å². The number of ether oxygens (including phenoxy) is 1. The molecule has 0 unspecified atom stereocenters. The van der Waals surface area contributed by atoms with E-state index in [0.717, 1.165) is 12.1 Å². The summed E-state index contributed by atoms with van der Waals surface area (Å²) in [5, 5.41) is 3.83. The van der Waals surface area contributed by atoms with Crippen molar-refractivity contribution in [2.24, 2.45) is 7.05 Å². The van der Waals surface area contributed by atoms with Crippen LogP contribution in [0.5, 0.6) is 11.6 Å². The predicted octanol–water partition coefficient (Wildman–Crippen LogP) is 3.90. The largest absolute Gasteiger partial charge is 0.435 e. The second-order valence-corrected chi connectivity index (χ2v) is 4.63. The zero-order chi connectivity index (χ0) is 15.1. The van der Waals surface area contributed by atoms with Crippen molar-refractivity contribution in [3.05, 3.63) is 34.2 Å². The quantitative estimate of drug-likeness (QED) is 0.790. The number of alkyl halides is 3. The monoisotopic (exact) mass is 305 g/mol. The van der Waals surface area contributed by atoms with Crippen molar-refractivity contribution < 1.29 is 17.9 Å². The minimum Gasteiger partial charge on any atom is -0.435 e. The molecule has 0 aliphatic heterocycles. The first-order chi connectivity index (χ1) is 9.18. The Morgan fingerprint density at radius 3 is 2.40 bits per heavy atom. The van der Waals surface area contributed by atoms with E-state index in [2.05, 4.69) is 10.1 Å². The molecule has 20 heavy (non-hydrogen) atoms. The average molecular weight is 306 g/mol. The summed E-state index contributed by atoms with van der Waals surface area (Å²) in [6, 6.07) is 1.55. The molecule has 0 N–H and O–H groups in total. The van der Waals surface area contributed by atoms with E-state index in [4.69, 9.17) is 16.3 Å². The maximum atomic E-state index is 12.7. The molecule has 2 heterocycles. The van der Waals surface area contributed by atoms with Crippen molar-refractivity contribution in [2.45, 2.75) is 20.0 Å². The predicted molar refractivity (Wildman–Crippen MR) is 67.0 cm³/mol. The Balaban J connectivity index is 2.41. The number of hydrogen-bond acceptors (Lipinski definition) is 3. The first kappa shape index (κ1) is 14.6. The van der Waals surface area contributed by atoms with E-state index < -0.39 is 11.7 Å². The van der Waals surface area contributed by atoms with Gasteiger partial charge in [0, 0.05) is 13.1 Å². The Labute approximate surface area is 118 Å². The molecule has 4 nitrogen and oxygen atoms in total. The van der Waals surface area contributed by atoms with Gasteiger partial charge in [0.15, 0.2) is 5.75 Å². The van der Waals surface area contributed by atoms with Gasteiger partial charge in [-0.15, -0.1) is 0 Å². The van der Waals surface area contributed by atoms with Gasteiger partial charge in [-0.05, 0) is 19.9 Å². The number of pyridine rings is 1. The fourth-order valence-electron chi connectivity index (χ4n) is 1.70. The third-order valence-electron chi connectivity index (χ3n) is 2.75. The van der Waals surface area contributed by atoms with Crippen molar-refractivity contribution in [1.29, 1.82) is 0 Å². The van der Waals surface area contributed by atoms with Crippen LogP contribution in [0.4, 0.5) is 13.2 Å². The molecule has 0 atom stereocenters. The molecule has 0 saturated heterocycles. The third-order valence-corrected chi connectivity index (χ3v) is 2.94. The maximum absolute atomic E-state index is 12.7. The average Bonchev–Trinajstić information content (AvgIpc) is 2.54. The van der Waals surface area contributed by atoms with Gasteiger partial charge in [-0.25, -0.2) is 4.98 Å².